The van der Waals surface area contributed by atoms with Crippen molar-refractivity contribution in [2.75, 3.05) is 12.8 Å². The largest absolute Gasteiger partial charge is 0.354 e. The van der Waals surface area contributed by atoms with Crippen LogP contribution in [0.2, 0.25) is 0 Å². The number of para-hydroxylation sites is 2. The van der Waals surface area contributed by atoms with Crippen molar-refractivity contribution in [3.63, 3.8) is 0 Å². The molecule has 138 valence electrons. The first kappa shape index (κ1) is 18.5. The number of aryl methyl sites for hydroxylation is 3. The van der Waals surface area contributed by atoms with Crippen molar-refractivity contribution in [3.05, 3.63) is 47.5 Å². The molecule has 0 saturated heterocycles. The van der Waals surface area contributed by atoms with E-state index in [-0.39, 0.29) is 5.91 Å². The highest BCUT2D eigenvalue weighted by Crippen LogP contribution is 2.18. The minimum absolute atomic E-state index is 0.0175. The van der Waals surface area contributed by atoms with Crippen LogP contribution in [0, 0.1) is 13.8 Å². The van der Waals surface area contributed by atoms with Crippen LogP contribution < -0.4 is 5.32 Å². The highest BCUT2D eigenvalue weighted by Gasteiger charge is 2.13. The number of nitrogens with zero attached hydrogens (tertiary/aromatic N) is 4. The summed E-state index contributed by atoms with van der Waals surface area (Å²) in [5.74, 6) is 1.75. The van der Waals surface area contributed by atoms with E-state index >= 15 is 0 Å². The molecule has 0 unspecified atom stereocenters. The zero-order chi connectivity index (χ0) is 18.5. The molecule has 0 bridgehead atoms. The summed E-state index contributed by atoms with van der Waals surface area (Å²) in [4.78, 5) is 17.1. The summed E-state index contributed by atoms with van der Waals surface area (Å²) in [6.07, 6.45) is 2.90. The number of fused-ring (bicyclic) bond motifs is 1. The molecule has 26 heavy (non-hydrogen) atoms. The number of amides is 1. The van der Waals surface area contributed by atoms with Gasteiger partial charge in [-0.15, -0.1) is 0 Å². The molecule has 0 radical (unpaired) electrons. The summed E-state index contributed by atoms with van der Waals surface area (Å²) in [5.41, 5.74) is 4.13. The van der Waals surface area contributed by atoms with Gasteiger partial charge in [0.2, 0.25) is 5.91 Å². The molecule has 2 heterocycles. The van der Waals surface area contributed by atoms with Crippen molar-refractivity contribution < 1.29 is 4.79 Å². The van der Waals surface area contributed by atoms with E-state index in [1.807, 2.05) is 46.7 Å². The molecule has 0 atom stereocenters. The first-order chi connectivity index (χ1) is 12.6. The number of nitrogens with one attached hydrogen (secondary N) is 1. The maximum absolute atomic E-state index is 12.4. The third-order valence-electron chi connectivity index (χ3n) is 4.28. The molecule has 0 aliphatic heterocycles. The Labute approximate surface area is 158 Å². The van der Waals surface area contributed by atoms with Crippen LogP contribution in [0.15, 0.2) is 30.3 Å². The van der Waals surface area contributed by atoms with Crippen LogP contribution in [0.5, 0.6) is 0 Å². The third kappa shape index (κ3) is 4.27. The smallest absolute Gasteiger partial charge is 0.240 e. The molecule has 3 aromatic rings. The van der Waals surface area contributed by atoms with Gasteiger partial charge in [0.05, 0.1) is 22.5 Å². The minimum atomic E-state index is 0.0175. The number of benzene rings is 1. The van der Waals surface area contributed by atoms with Crippen LogP contribution in [-0.4, -0.2) is 38.0 Å². The van der Waals surface area contributed by atoms with Gasteiger partial charge in [-0.05, 0) is 44.7 Å². The van der Waals surface area contributed by atoms with E-state index in [9.17, 15) is 4.79 Å². The monoisotopic (exact) mass is 371 g/mol. The van der Waals surface area contributed by atoms with E-state index < -0.39 is 0 Å². The van der Waals surface area contributed by atoms with Crippen molar-refractivity contribution in [1.82, 2.24) is 24.6 Å². The third-order valence-corrected chi connectivity index (χ3v) is 4.83. The lowest BCUT2D eigenvalue weighted by Gasteiger charge is -2.10. The first-order valence-corrected chi connectivity index (χ1v) is 10.2. The molecule has 0 saturated carbocycles. The number of aromatic nitrogens is 4. The van der Waals surface area contributed by atoms with E-state index in [0.717, 1.165) is 47.0 Å². The lowest BCUT2D eigenvalue weighted by atomic mass is 10.3. The second-order valence-corrected chi connectivity index (χ2v) is 7.26. The Morgan fingerprint density at radius 2 is 2.08 bits per heavy atom. The molecule has 3 rings (SSSR count). The van der Waals surface area contributed by atoms with Crippen molar-refractivity contribution in [1.29, 1.82) is 0 Å². The Bertz CT molecular complexity index is 899. The van der Waals surface area contributed by atoms with Crippen molar-refractivity contribution in [2.45, 2.75) is 39.1 Å². The highest BCUT2D eigenvalue weighted by atomic mass is 32.2. The van der Waals surface area contributed by atoms with E-state index in [4.69, 9.17) is 0 Å². The molecule has 0 aliphatic carbocycles. The number of hydrogen-bond acceptors (Lipinski definition) is 4. The number of carbonyl (C=O) groups excluding carboxylic acids is 1. The van der Waals surface area contributed by atoms with Crippen molar-refractivity contribution in [3.8, 4) is 0 Å². The van der Waals surface area contributed by atoms with Gasteiger partial charge in [0.25, 0.3) is 0 Å². The van der Waals surface area contributed by atoms with Crippen molar-refractivity contribution >= 4 is 28.7 Å². The Morgan fingerprint density at radius 3 is 2.81 bits per heavy atom. The fraction of sp³-hybridized carbons (Fsp3) is 0.421. The Morgan fingerprint density at radius 1 is 1.27 bits per heavy atom. The lowest BCUT2D eigenvalue weighted by Crippen LogP contribution is -2.29. The minimum Gasteiger partial charge on any atom is -0.354 e. The molecular weight excluding hydrogens is 346 g/mol. The molecular formula is C19H25N5OS. The number of rotatable bonds is 8. The number of thioether (sulfide) groups is 1. The summed E-state index contributed by atoms with van der Waals surface area (Å²) < 4.78 is 4.00. The number of carbonyl (C=O) groups is 1. The van der Waals surface area contributed by atoms with Gasteiger partial charge < -0.3 is 9.88 Å². The highest BCUT2D eigenvalue weighted by molar-refractivity contribution is 7.97. The lowest BCUT2D eigenvalue weighted by molar-refractivity contribution is -0.121. The molecule has 1 amide bonds. The summed E-state index contributed by atoms with van der Waals surface area (Å²) >= 11 is 1.71. The molecule has 1 N–H and O–H groups in total. The van der Waals surface area contributed by atoms with Gasteiger partial charge in [0.15, 0.2) is 0 Å². The zero-order valence-electron chi connectivity index (χ0n) is 15.5. The normalized spacial score (nSPS) is 11.2. The van der Waals surface area contributed by atoms with E-state index in [1.54, 1.807) is 11.8 Å². The van der Waals surface area contributed by atoms with Gasteiger partial charge in [-0.1, -0.05) is 12.1 Å². The van der Waals surface area contributed by atoms with Crippen LogP contribution in [0.4, 0.5) is 0 Å². The second kappa shape index (κ2) is 8.40. The van der Waals surface area contributed by atoms with Gasteiger partial charge >= 0.3 is 0 Å². The molecule has 7 heteroatoms. The van der Waals surface area contributed by atoms with Gasteiger partial charge in [0.1, 0.15) is 12.4 Å². The van der Waals surface area contributed by atoms with Gasteiger partial charge in [-0.2, -0.15) is 16.9 Å². The van der Waals surface area contributed by atoms with Crippen LogP contribution in [0.3, 0.4) is 0 Å². The van der Waals surface area contributed by atoms with E-state index in [0.29, 0.717) is 13.1 Å². The standard InChI is InChI=1S/C19H25N5OS/c1-14-11-15(2)24(22-14)10-6-9-20-19(25)12-23-17-8-5-4-7-16(17)21-18(23)13-26-3/h4-5,7-8,11H,6,9-10,12-13H2,1-3H3,(H,20,25). The predicted molar refractivity (Wildman–Crippen MR) is 106 cm³/mol. The Hall–Kier alpha value is -2.28. The fourth-order valence-electron chi connectivity index (χ4n) is 3.10. The fourth-order valence-corrected chi connectivity index (χ4v) is 3.58. The Kier molecular flexibility index (Phi) is 5.98. The maximum atomic E-state index is 12.4. The van der Waals surface area contributed by atoms with Gasteiger partial charge in [-0.25, -0.2) is 4.98 Å². The van der Waals surface area contributed by atoms with Crippen LogP contribution in [0.1, 0.15) is 23.6 Å². The molecule has 2 aromatic heterocycles. The van der Waals surface area contributed by atoms with E-state index in [2.05, 4.69) is 28.4 Å². The predicted octanol–water partition coefficient (Wildman–Crippen LogP) is 2.92. The average molecular weight is 372 g/mol. The molecule has 0 fully saturated rings. The molecule has 1 aromatic carbocycles. The van der Waals surface area contributed by atoms with Crippen LogP contribution in [0.25, 0.3) is 11.0 Å². The molecule has 6 nitrogen and oxygen atoms in total. The van der Waals surface area contributed by atoms with Gasteiger partial charge in [0, 0.05) is 18.8 Å². The Balaban J connectivity index is 1.57. The van der Waals surface area contributed by atoms with E-state index in [1.165, 1.54) is 0 Å². The molecule has 0 aliphatic rings. The number of hydrogen-bond donors (Lipinski definition) is 1. The van der Waals surface area contributed by atoms with Gasteiger partial charge in [-0.3, -0.25) is 9.48 Å². The summed E-state index contributed by atoms with van der Waals surface area (Å²) in [6.45, 7) is 5.80. The topological polar surface area (TPSA) is 64.7 Å². The SMILES string of the molecule is CSCc1nc2ccccc2n1CC(=O)NCCCn1nc(C)cc1C. The summed E-state index contributed by atoms with van der Waals surface area (Å²) in [5, 5.41) is 7.46. The summed E-state index contributed by atoms with van der Waals surface area (Å²) in [7, 11) is 0. The second-order valence-electron chi connectivity index (χ2n) is 6.39. The van der Waals surface area contributed by atoms with Crippen LogP contribution in [-0.2, 0) is 23.6 Å². The zero-order valence-corrected chi connectivity index (χ0v) is 16.3. The summed E-state index contributed by atoms with van der Waals surface area (Å²) in [6, 6.07) is 10.0. The van der Waals surface area contributed by atoms with Crippen LogP contribution >= 0.6 is 11.8 Å². The maximum Gasteiger partial charge on any atom is 0.240 e. The van der Waals surface area contributed by atoms with Crippen molar-refractivity contribution in [2.24, 2.45) is 0 Å². The average Bonchev–Trinajstić information content (AvgIpc) is 3.12. The molecule has 0 spiro atoms. The quantitative estimate of drug-likeness (QED) is 0.619. The number of imidazole rings is 1. The first-order valence-electron chi connectivity index (χ1n) is 8.79.